The Hall–Kier alpha value is -0.940. The largest absolute Gasteiger partial charge is 0.257 e. The Morgan fingerprint density at radius 1 is 1.38 bits per heavy atom. The average molecular weight is 191 g/mol. The lowest BCUT2D eigenvalue weighted by Crippen LogP contribution is -1.89. The van der Waals surface area contributed by atoms with Gasteiger partial charge in [-0.05, 0) is 26.0 Å². The van der Waals surface area contributed by atoms with Gasteiger partial charge < -0.3 is 0 Å². The van der Waals surface area contributed by atoms with Crippen LogP contribution in [0.2, 0.25) is 0 Å². The number of rotatable bonds is 1. The van der Waals surface area contributed by atoms with Gasteiger partial charge >= 0.3 is 0 Å². The molecule has 0 fully saturated rings. The van der Waals surface area contributed by atoms with Crippen molar-refractivity contribution in [2.24, 2.45) is 0 Å². The minimum absolute atomic E-state index is 0.811. The number of pyridine rings is 1. The quantitative estimate of drug-likeness (QED) is 0.531. The standard InChI is InChI=1S/C11H13NS/c1-9-6-7-11(10(2)12-9)5-3-4-8-13/h6-7,13H,4,8H2,1-2H3. The van der Waals surface area contributed by atoms with Crippen molar-refractivity contribution >= 4 is 12.6 Å². The number of aromatic nitrogens is 1. The van der Waals surface area contributed by atoms with Crippen LogP contribution >= 0.6 is 12.6 Å². The zero-order chi connectivity index (χ0) is 9.68. The van der Waals surface area contributed by atoms with Crippen molar-refractivity contribution in [3.63, 3.8) is 0 Å². The van der Waals surface area contributed by atoms with Gasteiger partial charge in [0.05, 0.1) is 5.69 Å². The van der Waals surface area contributed by atoms with Crippen LogP contribution in [-0.2, 0) is 0 Å². The predicted octanol–water partition coefficient (Wildman–Crippen LogP) is 2.37. The molecule has 0 aromatic carbocycles. The third-order valence-corrected chi connectivity index (χ3v) is 1.91. The van der Waals surface area contributed by atoms with Crippen LogP contribution < -0.4 is 0 Å². The highest BCUT2D eigenvalue weighted by Crippen LogP contribution is 2.04. The lowest BCUT2D eigenvalue weighted by Gasteiger charge is -1.97. The van der Waals surface area contributed by atoms with Crippen LogP contribution in [-0.4, -0.2) is 10.7 Å². The summed E-state index contributed by atoms with van der Waals surface area (Å²) >= 11 is 4.09. The summed E-state index contributed by atoms with van der Waals surface area (Å²) in [5.74, 6) is 6.94. The van der Waals surface area contributed by atoms with E-state index in [-0.39, 0.29) is 0 Å². The first-order chi connectivity index (χ1) is 6.24. The van der Waals surface area contributed by atoms with E-state index < -0.39 is 0 Å². The predicted molar refractivity (Wildman–Crippen MR) is 59.1 cm³/mol. The number of hydrogen-bond acceptors (Lipinski definition) is 2. The van der Waals surface area contributed by atoms with E-state index in [4.69, 9.17) is 0 Å². The Labute approximate surface area is 85.0 Å². The number of nitrogens with zero attached hydrogens (tertiary/aromatic N) is 1. The van der Waals surface area contributed by atoms with Crippen LogP contribution in [0.3, 0.4) is 0 Å². The molecule has 0 saturated heterocycles. The van der Waals surface area contributed by atoms with Gasteiger partial charge in [-0.25, -0.2) is 0 Å². The molecule has 68 valence electrons. The van der Waals surface area contributed by atoms with Gasteiger partial charge in [0.15, 0.2) is 0 Å². The maximum atomic E-state index is 4.33. The van der Waals surface area contributed by atoms with Crippen LogP contribution in [0.1, 0.15) is 23.4 Å². The van der Waals surface area contributed by atoms with E-state index in [1.54, 1.807) is 0 Å². The molecule has 0 radical (unpaired) electrons. The molecule has 2 heteroatoms. The van der Waals surface area contributed by atoms with Crippen LogP contribution in [0.25, 0.3) is 0 Å². The van der Waals surface area contributed by atoms with Crippen molar-refractivity contribution in [3.05, 3.63) is 29.1 Å². The number of thiol groups is 1. The normalized spacial score (nSPS) is 9.15. The van der Waals surface area contributed by atoms with Gasteiger partial charge in [-0.3, -0.25) is 4.98 Å². The minimum Gasteiger partial charge on any atom is -0.257 e. The summed E-state index contributed by atoms with van der Waals surface area (Å²) in [6.45, 7) is 3.97. The highest BCUT2D eigenvalue weighted by Gasteiger charge is 1.94. The van der Waals surface area contributed by atoms with E-state index in [1.165, 1.54) is 0 Å². The van der Waals surface area contributed by atoms with E-state index in [0.717, 1.165) is 29.1 Å². The summed E-state index contributed by atoms with van der Waals surface area (Å²) < 4.78 is 0. The first kappa shape index (κ1) is 10.1. The second-order valence-corrected chi connectivity index (χ2v) is 3.31. The Kier molecular flexibility index (Phi) is 3.85. The molecule has 1 rings (SSSR count). The van der Waals surface area contributed by atoms with Crippen molar-refractivity contribution < 1.29 is 0 Å². The van der Waals surface area contributed by atoms with Crippen molar-refractivity contribution in [1.29, 1.82) is 0 Å². The zero-order valence-corrected chi connectivity index (χ0v) is 8.86. The molecule has 0 amide bonds. The molecule has 0 aliphatic carbocycles. The molecule has 1 nitrogen and oxygen atoms in total. The summed E-state index contributed by atoms with van der Waals surface area (Å²) in [4.78, 5) is 4.33. The third-order valence-electron chi connectivity index (χ3n) is 1.68. The maximum Gasteiger partial charge on any atom is 0.0532 e. The third kappa shape index (κ3) is 3.12. The van der Waals surface area contributed by atoms with Gasteiger partial charge in [-0.2, -0.15) is 12.6 Å². The molecule has 1 aromatic heterocycles. The Balaban J connectivity index is 2.85. The van der Waals surface area contributed by atoms with Crippen molar-refractivity contribution in [2.45, 2.75) is 20.3 Å². The molecule has 0 aliphatic heterocycles. The fraction of sp³-hybridized carbons (Fsp3) is 0.364. The smallest absolute Gasteiger partial charge is 0.0532 e. The van der Waals surface area contributed by atoms with Crippen LogP contribution in [0.5, 0.6) is 0 Å². The lowest BCUT2D eigenvalue weighted by atomic mass is 10.2. The number of hydrogen-bond donors (Lipinski definition) is 1. The zero-order valence-electron chi connectivity index (χ0n) is 7.96. The van der Waals surface area contributed by atoms with E-state index in [2.05, 4.69) is 29.5 Å². The number of aryl methyl sites for hydroxylation is 2. The van der Waals surface area contributed by atoms with Gasteiger partial charge in [0.2, 0.25) is 0 Å². The molecule has 0 N–H and O–H groups in total. The minimum atomic E-state index is 0.811. The fourth-order valence-electron chi connectivity index (χ4n) is 1.03. The molecule has 0 unspecified atom stereocenters. The first-order valence-corrected chi connectivity index (χ1v) is 4.91. The summed E-state index contributed by atoms with van der Waals surface area (Å²) in [5, 5.41) is 0. The highest BCUT2D eigenvalue weighted by molar-refractivity contribution is 7.80. The molecule has 0 aliphatic rings. The van der Waals surface area contributed by atoms with E-state index in [0.29, 0.717) is 0 Å². The van der Waals surface area contributed by atoms with Crippen LogP contribution in [0, 0.1) is 25.7 Å². The molecule has 0 atom stereocenters. The van der Waals surface area contributed by atoms with Crippen molar-refractivity contribution in [2.75, 3.05) is 5.75 Å². The molecule has 0 saturated carbocycles. The van der Waals surface area contributed by atoms with Gasteiger partial charge in [0.1, 0.15) is 0 Å². The molecule has 13 heavy (non-hydrogen) atoms. The van der Waals surface area contributed by atoms with E-state index in [1.807, 2.05) is 26.0 Å². The second kappa shape index (κ2) is 4.94. The van der Waals surface area contributed by atoms with Crippen molar-refractivity contribution in [3.8, 4) is 11.8 Å². The lowest BCUT2D eigenvalue weighted by molar-refractivity contribution is 1.11. The second-order valence-electron chi connectivity index (χ2n) is 2.86. The van der Waals surface area contributed by atoms with Gasteiger partial charge in [-0.1, -0.05) is 11.8 Å². The fourth-order valence-corrected chi connectivity index (χ4v) is 1.14. The Bertz CT molecular complexity index is 347. The SMILES string of the molecule is Cc1ccc(C#CCCS)c(C)n1. The highest BCUT2D eigenvalue weighted by atomic mass is 32.1. The summed E-state index contributed by atoms with van der Waals surface area (Å²) in [5.41, 5.74) is 3.07. The van der Waals surface area contributed by atoms with Crippen LogP contribution in [0.15, 0.2) is 12.1 Å². The molecular weight excluding hydrogens is 178 g/mol. The Morgan fingerprint density at radius 2 is 2.15 bits per heavy atom. The van der Waals surface area contributed by atoms with Crippen molar-refractivity contribution in [1.82, 2.24) is 4.98 Å². The van der Waals surface area contributed by atoms with Gasteiger partial charge in [0.25, 0.3) is 0 Å². The maximum absolute atomic E-state index is 4.33. The van der Waals surface area contributed by atoms with Gasteiger partial charge in [-0.15, -0.1) is 0 Å². The topological polar surface area (TPSA) is 12.9 Å². The monoisotopic (exact) mass is 191 g/mol. The average Bonchev–Trinajstić information content (AvgIpc) is 2.09. The molecule has 0 spiro atoms. The molecule has 1 aromatic rings. The molecule has 1 heterocycles. The summed E-state index contributed by atoms with van der Waals surface area (Å²) in [6, 6.07) is 4.00. The first-order valence-electron chi connectivity index (χ1n) is 4.28. The summed E-state index contributed by atoms with van der Waals surface area (Å²) in [7, 11) is 0. The van der Waals surface area contributed by atoms with E-state index >= 15 is 0 Å². The van der Waals surface area contributed by atoms with E-state index in [9.17, 15) is 0 Å². The summed E-state index contributed by atoms with van der Waals surface area (Å²) in [6.07, 6.45) is 0.830. The Morgan fingerprint density at radius 3 is 2.77 bits per heavy atom. The van der Waals surface area contributed by atoms with Crippen LogP contribution in [0.4, 0.5) is 0 Å². The molecule has 0 bridgehead atoms. The van der Waals surface area contributed by atoms with Gasteiger partial charge in [0, 0.05) is 23.4 Å². The molecular formula is C11H13NS.